The van der Waals surface area contributed by atoms with Crippen molar-refractivity contribution < 1.29 is 9.53 Å². The second-order valence-corrected chi connectivity index (χ2v) is 4.76. The smallest absolute Gasteiger partial charge is 0.339 e. The number of para-hydroxylation sites is 1. The highest BCUT2D eigenvalue weighted by molar-refractivity contribution is 5.95. The van der Waals surface area contributed by atoms with Crippen LogP contribution in [0.1, 0.15) is 36.5 Å². The van der Waals surface area contributed by atoms with E-state index >= 15 is 0 Å². The van der Waals surface area contributed by atoms with Crippen LogP contribution in [-0.2, 0) is 4.74 Å². The lowest BCUT2D eigenvalue weighted by atomic mass is 10.1. The molecule has 0 radical (unpaired) electrons. The molecule has 1 aromatic rings. The third-order valence-corrected chi connectivity index (χ3v) is 3.12. The summed E-state index contributed by atoms with van der Waals surface area (Å²) in [5.41, 5.74) is 1.48. The molecule has 1 aliphatic carbocycles. The Kier molecular flexibility index (Phi) is 3.67. The van der Waals surface area contributed by atoms with Gasteiger partial charge in [-0.05, 0) is 31.4 Å². The van der Waals surface area contributed by atoms with Gasteiger partial charge in [0.05, 0.1) is 12.7 Å². The lowest BCUT2D eigenvalue weighted by molar-refractivity contribution is 0.0602. The molecule has 1 N–H and O–H groups in total. The van der Waals surface area contributed by atoms with E-state index in [4.69, 9.17) is 4.74 Å². The van der Waals surface area contributed by atoms with Crippen molar-refractivity contribution in [3.63, 3.8) is 0 Å². The fourth-order valence-corrected chi connectivity index (χ4v) is 2.07. The maximum absolute atomic E-state index is 11.6. The van der Waals surface area contributed by atoms with Crippen molar-refractivity contribution in [1.82, 2.24) is 0 Å². The standard InChI is InChI=1S/C14H19NO2/c1-10(9-11-7-8-11)15-13-6-4-3-5-12(13)14(16)17-2/h3-6,10-11,15H,7-9H2,1-2H3. The number of carbonyl (C=O) groups is 1. The second-order valence-electron chi connectivity index (χ2n) is 4.76. The first-order valence-electron chi connectivity index (χ1n) is 6.14. The zero-order chi connectivity index (χ0) is 12.3. The van der Waals surface area contributed by atoms with Crippen molar-refractivity contribution in [3.05, 3.63) is 29.8 Å². The Bertz CT molecular complexity index is 399. The summed E-state index contributed by atoms with van der Waals surface area (Å²) in [5, 5.41) is 3.40. The molecule has 1 aromatic carbocycles. The zero-order valence-corrected chi connectivity index (χ0v) is 10.4. The number of carbonyl (C=O) groups excluding carboxylic acids is 1. The predicted molar refractivity (Wildman–Crippen MR) is 68.2 cm³/mol. The van der Waals surface area contributed by atoms with Gasteiger partial charge in [0.15, 0.2) is 0 Å². The van der Waals surface area contributed by atoms with Crippen LogP contribution in [0.5, 0.6) is 0 Å². The minimum Gasteiger partial charge on any atom is -0.465 e. The van der Waals surface area contributed by atoms with Crippen molar-refractivity contribution in [2.24, 2.45) is 5.92 Å². The maximum Gasteiger partial charge on any atom is 0.339 e. The number of esters is 1. The third kappa shape index (κ3) is 3.22. The van der Waals surface area contributed by atoms with Gasteiger partial charge in [0.1, 0.15) is 0 Å². The summed E-state index contributed by atoms with van der Waals surface area (Å²) in [6, 6.07) is 7.89. The highest BCUT2D eigenvalue weighted by Gasteiger charge is 2.24. The fraction of sp³-hybridized carbons (Fsp3) is 0.500. The van der Waals surface area contributed by atoms with Gasteiger partial charge in [0, 0.05) is 11.7 Å². The van der Waals surface area contributed by atoms with E-state index < -0.39 is 0 Å². The molecule has 0 aromatic heterocycles. The largest absolute Gasteiger partial charge is 0.465 e. The Hall–Kier alpha value is -1.51. The van der Waals surface area contributed by atoms with Gasteiger partial charge in [-0.15, -0.1) is 0 Å². The van der Waals surface area contributed by atoms with E-state index in [1.165, 1.54) is 26.4 Å². The number of benzene rings is 1. The van der Waals surface area contributed by atoms with Gasteiger partial charge in [-0.25, -0.2) is 4.79 Å². The van der Waals surface area contributed by atoms with Crippen LogP contribution in [-0.4, -0.2) is 19.1 Å². The lowest BCUT2D eigenvalue weighted by Crippen LogP contribution is -2.18. The Morgan fingerprint density at radius 2 is 2.18 bits per heavy atom. The quantitative estimate of drug-likeness (QED) is 0.794. The summed E-state index contributed by atoms with van der Waals surface area (Å²) in [6.07, 6.45) is 3.88. The van der Waals surface area contributed by atoms with Crippen molar-refractivity contribution in [1.29, 1.82) is 0 Å². The average molecular weight is 233 g/mol. The molecule has 92 valence electrons. The van der Waals surface area contributed by atoms with E-state index in [9.17, 15) is 4.79 Å². The minimum atomic E-state index is -0.285. The van der Waals surface area contributed by atoms with Crippen LogP contribution in [0.15, 0.2) is 24.3 Å². The first kappa shape index (κ1) is 12.0. The Labute approximate surface area is 102 Å². The molecule has 2 rings (SSSR count). The van der Waals surface area contributed by atoms with Gasteiger partial charge in [0.2, 0.25) is 0 Å². The number of anilines is 1. The molecule has 0 amide bonds. The number of hydrogen-bond acceptors (Lipinski definition) is 3. The van der Waals surface area contributed by atoms with Crippen molar-refractivity contribution >= 4 is 11.7 Å². The first-order valence-corrected chi connectivity index (χ1v) is 6.14. The van der Waals surface area contributed by atoms with Crippen molar-refractivity contribution in [2.45, 2.75) is 32.2 Å². The van der Waals surface area contributed by atoms with Crippen LogP contribution in [0, 0.1) is 5.92 Å². The molecule has 0 saturated heterocycles. The van der Waals surface area contributed by atoms with Gasteiger partial charge in [-0.1, -0.05) is 25.0 Å². The van der Waals surface area contributed by atoms with Gasteiger partial charge in [-0.2, -0.15) is 0 Å². The van der Waals surface area contributed by atoms with Gasteiger partial charge >= 0.3 is 5.97 Å². The number of ether oxygens (including phenoxy) is 1. The summed E-state index contributed by atoms with van der Waals surface area (Å²) in [4.78, 5) is 11.6. The van der Waals surface area contributed by atoms with E-state index in [-0.39, 0.29) is 5.97 Å². The van der Waals surface area contributed by atoms with E-state index in [0.717, 1.165) is 11.6 Å². The molecule has 1 aliphatic rings. The zero-order valence-electron chi connectivity index (χ0n) is 10.4. The Morgan fingerprint density at radius 3 is 2.82 bits per heavy atom. The molecular formula is C14H19NO2. The third-order valence-electron chi connectivity index (χ3n) is 3.12. The van der Waals surface area contributed by atoms with E-state index in [0.29, 0.717) is 11.6 Å². The monoisotopic (exact) mass is 233 g/mol. The number of nitrogens with one attached hydrogen (secondary N) is 1. The molecule has 17 heavy (non-hydrogen) atoms. The van der Waals surface area contributed by atoms with Gasteiger partial charge in [0.25, 0.3) is 0 Å². The van der Waals surface area contributed by atoms with E-state index in [2.05, 4.69) is 12.2 Å². The molecule has 1 unspecified atom stereocenters. The fourth-order valence-electron chi connectivity index (χ4n) is 2.07. The topological polar surface area (TPSA) is 38.3 Å². The highest BCUT2D eigenvalue weighted by Crippen LogP contribution is 2.34. The molecule has 0 bridgehead atoms. The number of methoxy groups -OCH3 is 1. The highest BCUT2D eigenvalue weighted by atomic mass is 16.5. The number of hydrogen-bond donors (Lipinski definition) is 1. The summed E-state index contributed by atoms with van der Waals surface area (Å²) >= 11 is 0. The van der Waals surface area contributed by atoms with Crippen LogP contribution in [0.2, 0.25) is 0 Å². The van der Waals surface area contributed by atoms with Crippen molar-refractivity contribution in [2.75, 3.05) is 12.4 Å². The maximum atomic E-state index is 11.6. The molecule has 1 fully saturated rings. The molecule has 0 aliphatic heterocycles. The molecular weight excluding hydrogens is 214 g/mol. The van der Waals surface area contributed by atoms with Gasteiger partial charge in [-0.3, -0.25) is 0 Å². The Morgan fingerprint density at radius 1 is 1.47 bits per heavy atom. The second kappa shape index (κ2) is 5.21. The molecule has 1 saturated carbocycles. The van der Waals surface area contributed by atoms with Crippen LogP contribution >= 0.6 is 0 Å². The molecule has 3 nitrogen and oxygen atoms in total. The van der Waals surface area contributed by atoms with Crippen LogP contribution in [0.25, 0.3) is 0 Å². The Balaban J connectivity index is 2.05. The van der Waals surface area contributed by atoms with E-state index in [1.807, 2.05) is 18.2 Å². The average Bonchev–Trinajstić information content (AvgIpc) is 3.12. The minimum absolute atomic E-state index is 0.285. The van der Waals surface area contributed by atoms with Crippen LogP contribution in [0.4, 0.5) is 5.69 Å². The van der Waals surface area contributed by atoms with Gasteiger partial charge < -0.3 is 10.1 Å². The summed E-state index contributed by atoms with van der Waals surface area (Å²) in [6.45, 7) is 2.16. The normalized spacial score (nSPS) is 16.4. The van der Waals surface area contributed by atoms with Crippen molar-refractivity contribution in [3.8, 4) is 0 Å². The number of rotatable bonds is 5. The lowest BCUT2D eigenvalue weighted by Gasteiger charge is -2.17. The molecule has 1 atom stereocenters. The summed E-state index contributed by atoms with van der Waals surface area (Å²) in [5.74, 6) is 0.592. The SMILES string of the molecule is COC(=O)c1ccccc1NC(C)CC1CC1. The van der Waals surface area contributed by atoms with Crippen LogP contribution in [0.3, 0.4) is 0 Å². The molecule has 0 spiro atoms. The predicted octanol–water partition coefficient (Wildman–Crippen LogP) is 3.07. The summed E-state index contributed by atoms with van der Waals surface area (Å²) in [7, 11) is 1.41. The van der Waals surface area contributed by atoms with E-state index in [1.54, 1.807) is 6.07 Å². The summed E-state index contributed by atoms with van der Waals surface area (Å²) < 4.78 is 4.77. The molecule has 0 heterocycles. The molecule has 3 heteroatoms. The first-order chi connectivity index (χ1) is 8.20. The van der Waals surface area contributed by atoms with Crippen LogP contribution < -0.4 is 5.32 Å².